The second kappa shape index (κ2) is 3.85. The summed E-state index contributed by atoms with van der Waals surface area (Å²) in [4.78, 5) is 0. The average Bonchev–Trinajstić information content (AvgIpc) is 2.65. The molecule has 14 heavy (non-hydrogen) atoms. The van der Waals surface area contributed by atoms with Crippen LogP contribution in [0, 0.1) is 0 Å². The number of aliphatic hydroxyl groups excluding tert-OH is 1. The molecule has 2 rings (SSSR count). The lowest BCUT2D eigenvalue weighted by atomic mass is 10.3. The van der Waals surface area contributed by atoms with Crippen LogP contribution in [0.15, 0.2) is 28.7 Å². The third-order valence-electron chi connectivity index (χ3n) is 1.73. The number of rotatable bonds is 2. The van der Waals surface area contributed by atoms with Gasteiger partial charge in [-0.05, 0) is 28.6 Å². The molecule has 0 radical (unpaired) electrons. The fourth-order valence-electron chi connectivity index (χ4n) is 1.11. The molecule has 0 bridgehead atoms. The Balaban J connectivity index is 2.49. The van der Waals surface area contributed by atoms with Crippen LogP contribution in [0.2, 0.25) is 0 Å². The van der Waals surface area contributed by atoms with Gasteiger partial charge < -0.3 is 5.11 Å². The van der Waals surface area contributed by atoms with Crippen LogP contribution in [0.5, 0.6) is 0 Å². The summed E-state index contributed by atoms with van der Waals surface area (Å²) in [5, 5.41) is 19.9. The average molecular weight is 255 g/mol. The van der Waals surface area contributed by atoms with Crippen LogP contribution in [0.1, 0.15) is 5.82 Å². The Morgan fingerprint density at radius 2 is 2.29 bits per heavy atom. The van der Waals surface area contributed by atoms with Crippen molar-refractivity contribution in [1.82, 2.24) is 20.2 Å². The largest absolute Gasteiger partial charge is 0.388 e. The van der Waals surface area contributed by atoms with Gasteiger partial charge in [-0.15, -0.1) is 5.10 Å². The fraction of sp³-hybridized carbons (Fsp3) is 0.125. The molecule has 72 valence electrons. The van der Waals surface area contributed by atoms with Gasteiger partial charge in [0, 0.05) is 4.47 Å². The van der Waals surface area contributed by atoms with E-state index >= 15 is 0 Å². The predicted molar refractivity (Wildman–Crippen MR) is 52.8 cm³/mol. The summed E-state index contributed by atoms with van der Waals surface area (Å²) >= 11 is 3.35. The number of halogens is 1. The quantitative estimate of drug-likeness (QED) is 0.866. The van der Waals surface area contributed by atoms with Gasteiger partial charge in [-0.2, -0.15) is 4.68 Å². The molecular weight excluding hydrogens is 248 g/mol. The molecule has 0 aliphatic carbocycles. The van der Waals surface area contributed by atoms with Crippen LogP contribution in [0.25, 0.3) is 5.69 Å². The van der Waals surface area contributed by atoms with Gasteiger partial charge >= 0.3 is 0 Å². The predicted octanol–water partition coefficient (Wildman–Crippen LogP) is 0.917. The van der Waals surface area contributed by atoms with E-state index in [2.05, 4.69) is 31.5 Å². The van der Waals surface area contributed by atoms with Crippen molar-refractivity contribution < 1.29 is 5.11 Å². The van der Waals surface area contributed by atoms with Crippen LogP contribution in [0.3, 0.4) is 0 Å². The second-order valence-electron chi connectivity index (χ2n) is 2.64. The Morgan fingerprint density at radius 3 is 3.00 bits per heavy atom. The second-order valence-corrected chi connectivity index (χ2v) is 3.56. The molecule has 0 unspecified atom stereocenters. The fourth-order valence-corrected chi connectivity index (χ4v) is 1.50. The lowest BCUT2D eigenvalue weighted by Gasteiger charge is -2.02. The zero-order valence-corrected chi connectivity index (χ0v) is 8.72. The van der Waals surface area contributed by atoms with Crippen molar-refractivity contribution >= 4 is 15.9 Å². The van der Waals surface area contributed by atoms with Gasteiger partial charge in [0.2, 0.25) is 0 Å². The van der Waals surface area contributed by atoms with Gasteiger partial charge in [-0.3, -0.25) is 0 Å². The first-order chi connectivity index (χ1) is 6.81. The summed E-state index contributed by atoms with van der Waals surface area (Å²) in [6.07, 6.45) is 0. The smallest absolute Gasteiger partial charge is 0.182 e. The molecule has 0 spiro atoms. The molecule has 1 aromatic carbocycles. The van der Waals surface area contributed by atoms with E-state index in [0.717, 1.165) is 10.2 Å². The van der Waals surface area contributed by atoms with E-state index in [1.54, 1.807) is 0 Å². The maximum Gasteiger partial charge on any atom is 0.182 e. The number of aromatic nitrogens is 4. The number of hydrogen-bond acceptors (Lipinski definition) is 4. The van der Waals surface area contributed by atoms with Gasteiger partial charge in [0.15, 0.2) is 5.82 Å². The summed E-state index contributed by atoms with van der Waals surface area (Å²) in [6.45, 7) is -0.181. The molecule has 0 aliphatic heterocycles. The van der Waals surface area contributed by atoms with E-state index in [4.69, 9.17) is 5.11 Å². The van der Waals surface area contributed by atoms with E-state index in [-0.39, 0.29) is 6.61 Å². The standard InChI is InChI=1S/C8H7BrN4O/c9-6-2-1-3-7(4-6)13-8(5-14)10-11-12-13/h1-4,14H,5H2. The van der Waals surface area contributed by atoms with Crippen molar-refractivity contribution in [1.29, 1.82) is 0 Å². The zero-order chi connectivity index (χ0) is 9.97. The van der Waals surface area contributed by atoms with Gasteiger partial charge in [0.25, 0.3) is 0 Å². The summed E-state index contributed by atoms with van der Waals surface area (Å²) in [7, 11) is 0. The summed E-state index contributed by atoms with van der Waals surface area (Å²) in [5.74, 6) is 0.420. The SMILES string of the molecule is OCc1nnnn1-c1cccc(Br)c1. The molecule has 2 aromatic rings. The highest BCUT2D eigenvalue weighted by atomic mass is 79.9. The maximum absolute atomic E-state index is 8.96. The van der Waals surface area contributed by atoms with Crippen LogP contribution < -0.4 is 0 Å². The summed E-state index contributed by atoms with van der Waals surface area (Å²) in [6, 6.07) is 7.52. The number of benzene rings is 1. The van der Waals surface area contributed by atoms with Crippen LogP contribution in [-0.4, -0.2) is 25.3 Å². The summed E-state index contributed by atoms with van der Waals surface area (Å²) < 4.78 is 2.43. The topological polar surface area (TPSA) is 63.8 Å². The molecule has 1 aromatic heterocycles. The minimum atomic E-state index is -0.181. The van der Waals surface area contributed by atoms with Crippen molar-refractivity contribution in [2.75, 3.05) is 0 Å². The van der Waals surface area contributed by atoms with Crippen molar-refractivity contribution in [3.05, 3.63) is 34.6 Å². The Morgan fingerprint density at radius 1 is 1.43 bits per heavy atom. The Bertz CT molecular complexity index is 442. The molecule has 1 heterocycles. The lowest BCUT2D eigenvalue weighted by molar-refractivity contribution is 0.268. The number of aliphatic hydroxyl groups is 1. The molecule has 6 heteroatoms. The maximum atomic E-state index is 8.96. The minimum absolute atomic E-state index is 0.181. The molecule has 0 saturated heterocycles. The third kappa shape index (κ3) is 1.66. The molecule has 0 fully saturated rings. The number of nitrogens with zero attached hydrogens (tertiary/aromatic N) is 4. The monoisotopic (exact) mass is 254 g/mol. The van der Waals surface area contributed by atoms with Gasteiger partial charge in [0.05, 0.1) is 5.69 Å². The van der Waals surface area contributed by atoms with Crippen molar-refractivity contribution in [3.63, 3.8) is 0 Å². The van der Waals surface area contributed by atoms with Crippen LogP contribution >= 0.6 is 15.9 Å². The summed E-state index contributed by atoms with van der Waals surface area (Å²) in [5.41, 5.74) is 0.813. The van der Waals surface area contributed by atoms with Gasteiger partial charge in [-0.1, -0.05) is 22.0 Å². The third-order valence-corrected chi connectivity index (χ3v) is 2.22. The van der Waals surface area contributed by atoms with Gasteiger partial charge in [-0.25, -0.2) is 0 Å². The molecule has 0 saturated carbocycles. The zero-order valence-electron chi connectivity index (χ0n) is 7.13. The Labute approximate surface area is 88.5 Å². The molecule has 0 atom stereocenters. The van der Waals surface area contributed by atoms with Crippen LogP contribution in [-0.2, 0) is 6.61 Å². The van der Waals surface area contributed by atoms with E-state index in [9.17, 15) is 0 Å². The Hall–Kier alpha value is -1.27. The molecule has 5 nitrogen and oxygen atoms in total. The first-order valence-electron chi connectivity index (χ1n) is 3.95. The molecular formula is C8H7BrN4O. The van der Waals surface area contributed by atoms with E-state index in [1.165, 1.54) is 4.68 Å². The van der Waals surface area contributed by atoms with E-state index in [0.29, 0.717) is 5.82 Å². The van der Waals surface area contributed by atoms with Crippen molar-refractivity contribution in [2.45, 2.75) is 6.61 Å². The van der Waals surface area contributed by atoms with E-state index < -0.39 is 0 Å². The minimum Gasteiger partial charge on any atom is -0.388 e. The highest BCUT2D eigenvalue weighted by Gasteiger charge is 2.06. The number of tetrazole rings is 1. The Kier molecular flexibility index (Phi) is 2.55. The van der Waals surface area contributed by atoms with Crippen molar-refractivity contribution in [2.24, 2.45) is 0 Å². The molecule has 1 N–H and O–H groups in total. The first-order valence-corrected chi connectivity index (χ1v) is 4.74. The van der Waals surface area contributed by atoms with E-state index in [1.807, 2.05) is 24.3 Å². The lowest BCUT2D eigenvalue weighted by Crippen LogP contribution is -2.02. The number of hydrogen-bond donors (Lipinski definition) is 1. The highest BCUT2D eigenvalue weighted by molar-refractivity contribution is 9.10. The normalized spacial score (nSPS) is 10.4. The first kappa shape index (κ1) is 9.29. The molecule has 0 aliphatic rings. The van der Waals surface area contributed by atoms with Crippen molar-refractivity contribution in [3.8, 4) is 5.69 Å². The highest BCUT2D eigenvalue weighted by Crippen LogP contribution is 2.15. The van der Waals surface area contributed by atoms with Gasteiger partial charge in [0.1, 0.15) is 6.61 Å². The van der Waals surface area contributed by atoms with Crippen LogP contribution in [0.4, 0.5) is 0 Å². The molecule has 0 amide bonds.